The molecule has 0 aromatic heterocycles. The van der Waals surface area contributed by atoms with Crippen molar-refractivity contribution in [3.63, 3.8) is 0 Å². The molecule has 1 aromatic carbocycles. The Balaban J connectivity index is 1.29. The van der Waals surface area contributed by atoms with Crippen LogP contribution < -0.4 is 5.32 Å². The molecule has 0 heterocycles. The fraction of sp³-hybridized carbons (Fsp3) is 0.750. The van der Waals surface area contributed by atoms with Gasteiger partial charge in [-0.25, -0.2) is 0 Å². The Morgan fingerprint density at radius 3 is 2.55 bits per heavy atom. The summed E-state index contributed by atoms with van der Waals surface area (Å²) in [5, 5.41) is 13.9. The molecule has 3 heteroatoms. The molecular weight excluding hydrogens is 382 g/mol. The summed E-state index contributed by atoms with van der Waals surface area (Å²) in [6.45, 7) is 5.15. The number of hydrogen-bond acceptors (Lipinski definition) is 2. The molecule has 0 bridgehead atoms. The molecule has 5 rings (SSSR count). The average Bonchev–Trinajstić information content (AvgIpc) is 2.76. The summed E-state index contributed by atoms with van der Waals surface area (Å²) in [7, 11) is 0. The van der Waals surface area contributed by atoms with E-state index < -0.39 is 5.60 Å². The monoisotopic (exact) mass is 423 g/mol. The van der Waals surface area contributed by atoms with Crippen molar-refractivity contribution in [2.24, 2.45) is 40.9 Å². The van der Waals surface area contributed by atoms with Gasteiger partial charge in [0, 0.05) is 12.5 Å². The molecule has 0 radical (unpaired) electrons. The Morgan fingerprint density at radius 2 is 1.74 bits per heavy atom. The van der Waals surface area contributed by atoms with Crippen LogP contribution in [0.3, 0.4) is 0 Å². The van der Waals surface area contributed by atoms with Crippen LogP contribution in [0, 0.1) is 40.9 Å². The van der Waals surface area contributed by atoms with E-state index >= 15 is 0 Å². The predicted molar refractivity (Wildman–Crippen MR) is 124 cm³/mol. The Kier molecular flexibility index (Phi) is 5.69. The Labute approximate surface area is 188 Å². The fourth-order valence-electron chi connectivity index (χ4n) is 8.62. The molecule has 3 nitrogen and oxygen atoms in total. The molecule has 4 aliphatic rings. The summed E-state index contributed by atoms with van der Waals surface area (Å²) in [6.07, 6.45) is 11.9. The number of carbonyl (C=O) groups excluding carboxylic acids is 1. The molecular formula is C28H41NO2. The van der Waals surface area contributed by atoms with E-state index in [2.05, 4.69) is 24.4 Å². The topological polar surface area (TPSA) is 49.3 Å². The number of hydrogen-bond donors (Lipinski definition) is 2. The molecule has 31 heavy (non-hydrogen) atoms. The SMILES string of the molecule is CC1(O)CCC2C(CCC3C2CCC2(C)C(C(=O)NCc4ccccc4)CCCC32)C1. The molecule has 4 aliphatic carbocycles. The maximum Gasteiger partial charge on any atom is 0.223 e. The number of fused-ring (bicyclic) bond motifs is 5. The summed E-state index contributed by atoms with van der Waals surface area (Å²) in [5.74, 6) is 4.33. The van der Waals surface area contributed by atoms with Gasteiger partial charge < -0.3 is 10.4 Å². The number of carbonyl (C=O) groups is 1. The summed E-state index contributed by atoms with van der Waals surface area (Å²) in [4.78, 5) is 13.4. The van der Waals surface area contributed by atoms with Crippen LogP contribution in [0.2, 0.25) is 0 Å². The molecule has 1 aromatic rings. The standard InChI is InChI=1S/C28H41NO2/c1-27(31)15-13-21-20(17-27)11-12-23-22(21)14-16-28(2)24(23)9-6-10-25(28)26(30)29-18-19-7-4-3-5-8-19/h3-5,7-8,20-25,31H,6,9-18H2,1-2H3,(H,29,30). The van der Waals surface area contributed by atoms with E-state index in [-0.39, 0.29) is 17.2 Å². The van der Waals surface area contributed by atoms with Crippen molar-refractivity contribution in [1.29, 1.82) is 0 Å². The highest BCUT2D eigenvalue weighted by Gasteiger charge is 2.57. The molecule has 0 spiro atoms. The zero-order valence-corrected chi connectivity index (χ0v) is 19.5. The first-order valence-corrected chi connectivity index (χ1v) is 12.9. The van der Waals surface area contributed by atoms with Crippen molar-refractivity contribution >= 4 is 5.91 Å². The smallest absolute Gasteiger partial charge is 0.223 e. The third-order valence-corrected chi connectivity index (χ3v) is 10.1. The molecule has 170 valence electrons. The molecule has 8 atom stereocenters. The van der Waals surface area contributed by atoms with Crippen LogP contribution in [-0.2, 0) is 11.3 Å². The molecule has 0 aliphatic heterocycles. The second kappa shape index (κ2) is 8.21. The molecule has 8 unspecified atom stereocenters. The van der Waals surface area contributed by atoms with Crippen LogP contribution in [0.25, 0.3) is 0 Å². The second-order valence-corrected chi connectivity index (χ2v) is 11.9. The fourth-order valence-corrected chi connectivity index (χ4v) is 8.62. The predicted octanol–water partition coefficient (Wildman–Crippen LogP) is 5.71. The minimum Gasteiger partial charge on any atom is -0.390 e. The lowest BCUT2D eigenvalue weighted by molar-refractivity contribution is -0.149. The zero-order chi connectivity index (χ0) is 21.6. The van der Waals surface area contributed by atoms with Crippen molar-refractivity contribution < 1.29 is 9.90 Å². The van der Waals surface area contributed by atoms with Gasteiger partial charge in [-0.15, -0.1) is 0 Å². The van der Waals surface area contributed by atoms with Gasteiger partial charge in [0.15, 0.2) is 0 Å². The largest absolute Gasteiger partial charge is 0.390 e. The highest BCUT2D eigenvalue weighted by Crippen LogP contribution is 2.63. The average molecular weight is 424 g/mol. The number of rotatable bonds is 3. The van der Waals surface area contributed by atoms with E-state index in [1.54, 1.807) is 0 Å². The van der Waals surface area contributed by atoms with Gasteiger partial charge in [0.05, 0.1) is 5.60 Å². The van der Waals surface area contributed by atoms with Crippen LogP contribution in [0.15, 0.2) is 30.3 Å². The molecule has 4 saturated carbocycles. The van der Waals surface area contributed by atoms with Crippen LogP contribution in [0.4, 0.5) is 0 Å². The van der Waals surface area contributed by atoms with Crippen LogP contribution in [0.1, 0.15) is 83.6 Å². The van der Waals surface area contributed by atoms with E-state index in [1.807, 2.05) is 25.1 Å². The molecule has 2 N–H and O–H groups in total. The van der Waals surface area contributed by atoms with Gasteiger partial charge in [0.2, 0.25) is 5.91 Å². The second-order valence-electron chi connectivity index (χ2n) is 11.9. The molecule has 0 saturated heterocycles. The maximum absolute atomic E-state index is 13.4. The van der Waals surface area contributed by atoms with E-state index in [1.165, 1.54) is 50.5 Å². The van der Waals surface area contributed by atoms with Crippen molar-refractivity contribution in [3.8, 4) is 0 Å². The first-order valence-electron chi connectivity index (χ1n) is 12.9. The van der Waals surface area contributed by atoms with E-state index in [0.29, 0.717) is 12.5 Å². The lowest BCUT2D eigenvalue weighted by atomic mass is 9.45. The lowest BCUT2D eigenvalue weighted by Gasteiger charge is -2.60. The first-order chi connectivity index (χ1) is 14.9. The summed E-state index contributed by atoms with van der Waals surface area (Å²) in [5.41, 5.74) is 0.903. The van der Waals surface area contributed by atoms with E-state index in [4.69, 9.17) is 0 Å². The number of nitrogens with one attached hydrogen (secondary N) is 1. The highest BCUT2D eigenvalue weighted by molar-refractivity contribution is 5.79. The third kappa shape index (κ3) is 3.96. The molecule has 1 amide bonds. The first kappa shape index (κ1) is 21.5. The Hall–Kier alpha value is -1.35. The zero-order valence-electron chi connectivity index (χ0n) is 19.5. The quantitative estimate of drug-likeness (QED) is 0.654. The summed E-state index contributed by atoms with van der Waals surface area (Å²) >= 11 is 0. The Bertz CT molecular complexity index is 789. The van der Waals surface area contributed by atoms with Crippen molar-refractivity contribution in [2.45, 2.75) is 90.2 Å². The lowest BCUT2D eigenvalue weighted by Crippen LogP contribution is -2.56. The van der Waals surface area contributed by atoms with Gasteiger partial charge in [-0.2, -0.15) is 0 Å². The summed E-state index contributed by atoms with van der Waals surface area (Å²) in [6, 6.07) is 10.3. The number of benzene rings is 1. The normalized spacial score (nSPS) is 44.5. The van der Waals surface area contributed by atoms with Gasteiger partial charge in [0.1, 0.15) is 0 Å². The van der Waals surface area contributed by atoms with Crippen LogP contribution in [0.5, 0.6) is 0 Å². The Morgan fingerprint density at radius 1 is 0.968 bits per heavy atom. The van der Waals surface area contributed by atoms with Gasteiger partial charge in [-0.1, -0.05) is 43.7 Å². The minimum absolute atomic E-state index is 0.160. The van der Waals surface area contributed by atoms with E-state index in [9.17, 15) is 9.90 Å². The minimum atomic E-state index is -0.441. The van der Waals surface area contributed by atoms with Crippen LogP contribution >= 0.6 is 0 Å². The summed E-state index contributed by atoms with van der Waals surface area (Å²) < 4.78 is 0. The van der Waals surface area contributed by atoms with Gasteiger partial charge >= 0.3 is 0 Å². The van der Waals surface area contributed by atoms with Crippen LogP contribution in [-0.4, -0.2) is 16.6 Å². The van der Waals surface area contributed by atoms with Gasteiger partial charge in [-0.3, -0.25) is 4.79 Å². The highest BCUT2D eigenvalue weighted by atomic mass is 16.3. The van der Waals surface area contributed by atoms with Gasteiger partial charge in [-0.05, 0) is 105 Å². The maximum atomic E-state index is 13.4. The van der Waals surface area contributed by atoms with Crippen molar-refractivity contribution in [1.82, 2.24) is 5.32 Å². The number of aliphatic hydroxyl groups is 1. The third-order valence-electron chi connectivity index (χ3n) is 10.1. The molecule has 4 fully saturated rings. The van der Waals surface area contributed by atoms with E-state index in [0.717, 1.165) is 42.9 Å². The number of amides is 1. The van der Waals surface area contributed by atoms with Gasteiger partial charge in [0.25, 0.3) is 0 Å². The van der Waals surface area contributed by atoms with Crippen molar-refractivity contribution in [2.75, 3.05) is 0 Å². The van der Waals surface area contributed by atoms with Crippen molar-refractivity contribution in [3.05, 3.63) is 35.9 Å².